The predicted molar refractivity (Wildman–Crippen MR) is 89.0 cm³/mol. The lowest BCUT2D eigenvalue weighted by Gasteiger charge is -2.19. The Balaban J connectivity index is 2.10. The van der Waals surface area contributed by atoms with Gasteiger partial charge in [0, 0.05) is 0 Å². The van der Waals surface area contributed by atoms with E-state index >= 15 is 0 Å². The first-order chi connectivity index (χ1) is 9.47. The molecule has 2 rings (SSSR count). The van der Waals surface area contributed by atoms with Crippen molar-refractivity contribution in [2.75, 3.05) is 0 Å². The number of hydrogen-bond acceptors (Lipinski definition) is 0. The van der Waals surface area contributed by atoms with E-state index in [1.807, 2.05) is 6.07 Å². The standard InChI is InChI=1S/C20H24/c1-16(10-11-17-8-6-5-7-9-17)18-12-14-19(15-13-18)20(2,3)4/h5-16H,1-4H3/b11-10+/t16-/m1/s1. The van der Waals surface area contributed by atoms with Gasteiger partial charge in [0.1, 0.15) is 0 Å². The molecule has 2 aromatic rings. The summed E-state index contributed by atoms with van der Waals surface area (Å²) in [6, 6.07) is 19.5. The van der Waals surface area contributed by atoms with Gasteiger partial charge in [-0.05, 0) is 28.0 Å². The second-order valence-electron chi connectivity index (χ2n) is 6.43. The molecule has 0 heterocycles. The third kappa shape index (κ3) is 3.84. The summed E-state index contributed by atoms with van der Waals surface area (Å²) in [6.07, 6.45) is 4.46. The van der Waals surface area contributed by atoms with Gasteiger partial charge in [-0.3, -0.25) is 0 Å². The summed E-state index contributed by atoms with van der Waals surface area (Å²) < 4.78 is 0. The van der Waals surface area contributed by atoms with Gasteiger partial charge in [0.2, 0.25) is 0 Å². The fraction of sp³-hybridized carbons (Fsp3) is 0.300. The predicted octanol–water partition coefficient (Wildman–Crippen LogP) is 5.80. The Morgan fingerprint density at radius 3 is 2.00 bits per heavy atom. The summed E-state index contributed by atoms with van der Waals surface area (Å²) in [5.41, 5.74) is 4.23. The Labute approximate surface area is 123 Å². The third-order valence-corrected chi connectivity index (χ3v) is 3.68. The zero-order chi connectivity index (χ0) is 14.6. The minimum Gasteiger partial charge on any atom is -0.0767 e. The van der Waals surface area contributed by atoms with Crippen molar-refractivity contribution in [3.63, 3.8) is 0 Å². The molecule has 0 fully saturated rings. The Morgan fingerprint density at radius 1 is 0.850 bits per heavy atom. The highest BCUT2D eigenvalue weighted by Crippen LogP contribution is 2.25. The van der Waals surface area contributed by atoms with Crippen LogP contribution in [0.2, 0.25) is 0 Å². The zero-order valence-corrected chi connectivity index (χ0v) is 12.9. The Bertz CT molecular complexity index is 553. The minimum absolute atomic E-state index is 0.224. The minimum atomic E-state index is 0.224. The van der Waals surface area contributed by atoms with E-state index in [-0.39, 0.29) is 5.41 Å². The number of hydrogen-bond donors (Lipinski definition) is 0. The molecule has 0 aromatic heterocycles. The molecule has 0 aliphatic carbocycles. The van der Waals surface area contributed by atoms with Crippen LogP contribution in [0.5, 0.6) is 0 Å². The van der Waals surface area contributed by atoms with E-state index in [1.54, 1.807) is 0 Å². The molecule has 2 aromatic carbocycles. The maximum absolute atomic E-state index is 2.27. The Morgan fingerprint density at radius 2 is 1.45 bits per heavy atom. The molecule has 0 saturated carbocycles. The molecule has 1 atom stereocenters. The monoisotopic (exact) mass is 264 g/mol. The van der Waals surface area contributed by atoms with Crippen LogP contribution in [-0.4, -0.2) is 0 Å². The number of allylic oxidation sites excluding steroid dienone is 1. The molecule has 0 aliphatic rings. The number of rotatable bonds is 3. The first-order valence-corrected chi connectivity index (χ1v) is 7.30. The molecule has 0 spiro atoms. The van der Waals surface area contributed by atoms with E-state index < -0.39 is 0 Å². The van der Waals surface area contributed by atoms with Gasteiger partial charge in [-0.25, -0.2) is 0 Å². The molecular formula is C20H24. The van der Waals surface area contributed by atoms with Crippen LogP contribution in [-0.2, 0) is 5.41 Å². The fourth-order valence-corrected chi connectivity index (χ4v) is 2.22. The van der Waals surface area contributed by atoms with Crippen molar-refractivity contribution >= 4 is 6.08 Å². The molecule has 0 unspecified atom stereocenters. The highest BCUT2D eigenvalue weighted by Gasteiger charge is 2.13. The normalized spacial score (nSPS) is 13.6. The molecule has 104 valence electrons. The van der Waals surface area contributed by atoms with Crippen LogP contribution < -0.4 is 0 Å². The van der Waals surface area contributed by atoms with Gasteiger partial charge in [0.25, 0.3) is 0 Å². The summed E-state index contributed by atoms with van der Waals surface area (Å²) in [5, 5.41) is 0. The van der Waals surface area contributed by atoms with Crippen LogP contribution in [0, 0.1) is 0 Å². The topological polar surface area (TPSA) is 0 Å². The number of benzene rings is 2. The van der Waals surface area contributed by atoms with Gasteiger partial charge in [0.05, 0.1) is 0 Å². The third-order valence-electron chi connectivity index (χ3n) is 3.68. The SMILES string of the molecule is C[C@H](/C=C/c1ccccc1)c1ccc(C(C)(C)C)cc1. The highest BCUT2D eigenvalue weighted by molar-refractivity contribution is 5.50. The smallest absolute Gasteiger partial charge is 0.000710 e. The van der Waals surface area contributed by atoms with Crippen LogP contribution in [0.25, 0.3) is 6.08 Å². The fourth-order valence-electron chi connectivity index (χ4n) is 2.22. The van der Waals surface area contributed by atoms with Crippen LogP contribution in [0.1, 0.15) is 50.3 Å². The molecule has 0 saturated heterocycles. The molecule has 0 amide bonds. The summed E-state index contributed by atoms with van der Waals surface area (Å²) in [6.45, 7) is 8.99. The molecule has 0 aliphatic heterocycles. The first kappa shape index (κ1) is 14.6. The zero-order valence-electron chi connectivity index (χ0n) is 12.9. The van der Waals surface area contributed by atoms with Gasteiger partial charge < -0.3 is 0 Å². The van der Waals surface area contributed by atoms with Crippen LogP contribution in [0.15, 0.2) is 60.7 Å². The summed E-state index contributed by atoms with van der Waals surface area (Å²) in [7, 11) is 0. The van der Waals surface area contributed by atoms with E-state index in [1.165, 1.54) is 16.7 Å². The van der Waals surface area contributed by atoms with Gasteiger partial charge in [-0.2, -0.15) is 0 Å². The first-order valence-electron chi connectivity index (χ1n) is 7.30. The van der Waals surface area contributed by atoms with E-state index in [4.69, 9.17) is 0 Å². The quantitative estimate of drug-likeness (QED) is 0.657. The molecular weight excluding hydrogens is 240 g/mol. The van der Waals surface area contributed by atoms with Crippen LogP contribution >= 0.6 is 0 Å². The van der Waals surface area contributed by atoms with Gasteiger partial charge in [0.15, 0.2) is 0 Å². The molecule has 0 radical (unpaired) electrons. The van der Waals surface area contributed by atoms with E-state index in [0.29, 0.717) is 5.92 Å². The maximum atomic E-state index is 2.27. The molecule has 0 nitrogen and oxygen atoms in total. The average Bonchev–Trinajstić information content (AvgIpc) is 2.45. The van der Waals surface area contributed by atoms with Crippen molar-refractivity contribution in [1.82, 2.24) is 0 Å². The largest absolute Gasteiger partial charge is 0.0767 e. The Hall–Kier alpha value is -1.82. The van der Waals surface area contributed by atoms with Crippen LogP contribution in [0.3, 0.4) is 0 Å². The second-order valence-corrected chi connectivity index (χ2v) is 6.43. The molecule has 0 heteroatoms. The maximum Gasteiger partial charge on any atom is -0.000710 e. The van der Waals surface area contributed by atoms with Crippen molar-refractivity contribution in [2.24, 2.45) is 0 Å². The summed E-state index contributed by atoms with van der Waals surface area (Å²) in [4.78, 5) is 0. The van der Waals surface area contributed by atoms with Crippen LogP contribution in [0.4, 0.5) is 0 Å². The summed E-state index contributed by atoms with van der Waals surface area (Å²) in [5.74, 6) is 0.434. The van der Waals surface area contributed by atoms with Crippen molar-refractivity contribution in [3.05, 3.63) is 77.4 Å². The van der Waals surface area contributed by atoms with Gasteiger partial charge in [-0.1, -0.05) is 94.4 Å². The van der Waals surface area contributed by atoms with Gasteiger partial charge in [-0.15, -0.1) is 0 Å². The van der Waals surface area contributed by atoms with Crippen molar-refractivity contribution in [2.45, 2.75) is 39.0 Å². The van der Waals surface area contributed by atoms with Crippen molar-refractivity contribution < 1.29 is 0 Å². The van der Waals surface area contributed by atoms with E-state index in [9.17, 15) is 0 Å². The van der Waals surface area contributed by atoms with Gasteiger partial charge >= 0.3 is 0 Å². The summed E-state index contributed by atoms with van der Waals surface area (Å²) >= 11 is 0. The van der Waals surface area contributed by atoms with Crippen molar-refractivity contribution in [1.29, 1.82) is 0 Å². The van der Waals surface area contributed by atoms with Crippen molar-refractivity contribution in [3.8, 4) is 0 Å². The molecule has 20 heavy (non-hydrogen) atoms. The molecule has 0 bridgehead atoms. The molecule has 0 N–H and O–H groups in total. The lowest BCUT2D eigenvalue weighted by molar-refractivity contribution is 0.590. The second kappa shape index (κ2) is 6.09. The lowest BCUT2D eigenvalue weighted by Crippen LogP contribution is -2.10. The Kier molecular flexibility index (Phi) is 4.44. The van der Waals surface area contributed by atoms with E-state index in [0.717, 1.165) is 0 Å². The lowest BCUT2D eigenvalue weighted by atomic mass is 9.85. The van der Waals surface area contributed by atoms with E-state index in [2.05, 4.69) is 88.4 Å². The highest BCUT2D eigenvalue weighted by atomic mass is 14.2. The average molecular weight is 264 g/mol.